The number of hydrogen-bond acceptors (Lipinski definition) is 2. The van der Waals surface area contributed by atoms with Gasteiger partial charge in [-0.25, -0.2) is 0 Å². The summed E-state index contributed by atoms with van der Waals surface area (Å²) in [6.07, 6.45) is 3.76. The van der Waals surface area contributed by atoms with E-state index in [-0.39, 0.29) is 5.91 Å². The molecule has 0 bridgehead atoms. The van der Waals surface area contributed by atoms with Crippen LogP contribution in [0.25, 0.3) is 0 Å². The molecule has 82 valence electrons. The molecular weight excluding hydrogens is 200 g/mol. The van der Waals surface area contributed by atoms with E-state index in [1.165, 1.54) is 0 Å². The van der Waals surface area contributed by atoms with E-state index in [2.05, 4.69) is 10.6 Å². The lowest BCUT2D eigenvalue weighted by Gasteiger charge is -2.13. The molecule has 0 atom stereocenters. The Balaban J connectivity index is 2.09. The molecule has 0 spiro atoms. The van der Waals surface area contributed by atoms with Gasteiger partial charge in [0.1, 0.15) is 0 Å². The lowest BCUT2D eigenvalue weighted by Crippen LogP contribution is -2.21. The Hall–Kier alpha value is -2.03. The van der Waals surface area contributed by atoms with Crippen LogP contribution >= 0.6 is 0 Å². The van der Waals surface area contributed by atoms with E-state index in [9.17, 15) is 4.79 Å². The van der Waals surface area contributed by atoms with Crippen molar-refractivity contribution >= 4 is 11.6 Å². The molecule has 2 N–H and O–H groups in total. The van der Waals surface area contributed by atoms with Crippen LogP contribution in [0, 0.1) is 0 Å². The van der Waals surface area contributed by atoms with E-state index in [0.717, 1.165) is 17.8 Å². The maximum Gasteiger partial charge on any atom is 0.257 e. The van der Waals surface area contributed by atoms with E-state index < -0.39 is 0 Å². The van der Waals surface area contributed by atoms with Gasteiger partial charge in [-0.05, 0) is 24.6 Å². The van der Waals surface area contributed by atoms with E-state index in [4.69, 9.17) is 0 Å². The number of carbonyl (C=O) groups excluding carboxylic acids is 1. The second-order valence-corrected chi connectivity index (χ2v) is 3.67. The summed E-state index contributed by atoms with van der Waals surface area (Å²) < 4.78 is 0. The number of benzene rings is 1. The molecule has 1 heterocycles. The van der Waals surface area contributed by atoms with Crippen molar-refractivity contribution in [3.05, 3.63) is 53.8 Å². The SMILES string of the molecule is CC1=CCNC=C1C(=O)Nc1ccccc1. The fourth-order valence-electron chi connectivity index (χ4n) is 1.56. The van der Waals surface area contributed by atoms with Crippen LogP contribution in [0.2, 0.25) is 0 Å². The predicted octanol–water partition coefficient (Wildman–Crippen LogP) is 2.06. The van der Waals surface area contributed by atoms with Crippen molar-refractivity contribution < 1.29 is 4.79 Å². The minimum atomic E-state index is -0.0767. The molecule has 1 aliphatic rings. The average molecular weight is 214 g/mol. The summed E-state index contributed by atoms with van der Waals surface area (Å²) in [6.45, 7) is 2.73. The first kappa shape index (κ1) is 10.5. The van der Waals surface area contributed by atoms with Gasteiger partial charge in [0.15, 0.2) is 0 Å². The highest BCUT2D eigenvalue weighted by Crippen LogP contribution is 2.14. The lowest BCUT2D eigenvalue weighted by atomic mass is 10.1. The minimum absolute atomic E-state index is 0.0767. The van der Waals surface area contributed by atoms with Crippen LogP contribution in [-0.2, 0) is 4.79 Å². The van der Waals surface area contributed by atoms with E-state index in [1.807, 2.05) is 43.3 Å². The van der Waals surface area contributed by atoms with E-state index >= 15 is 0 Å². The molecule has 3 heteroatoms. The first-order valence-corrected chi connectivity index (χ1v) is 5.24. The van der Waals surface area contributed by atoms with Gasteiger partial charge in [-0.15, -0.1) is 0 Å². The Morgan fingerprint density at radius 1 is 1.31 bits per heavy atom. The summed E-state index contributed by atoms with van der Waals surface area (Å²) in [5.74, 6) is -0.0767. The first-order valence-electron chi connectivity index (χ1n) is 5.24. The third-order valence-corrected chi connectivity index (χ3v) is 2.47. The van der Waals surface area contributed by atoms with Crippen molar-refractivity contribution in [2.45, 2.75) is 6.92 Å². The summed E-state index contributed by atoms with van der Waals surface area (Å²) in [5, 5.41) is 5.89. The van der Waals surface area contributed by atoms with Crippen LogP contribution in [0.4, 0.5) is 5.69 Å². The summed E-state index contributed by atoms with van der Waals surface area (Å²) >= 11 is 0. The van der Waals surface area contributed by atoms with Gasteiger partial charge in [0, 0.05) is 18.4 Å². The molecule has 1 aromatic carbocycles. The molecule has 1 amide bonds. The lowest BCUT2D eigenvalue weighted by molar-refractivity contribution is -0.112. The van der Waals surface area contributed by atoms with Gasteiger partial charge in [0.2, 0.25) is 0 Å². The van der Waals surface area contributed by atoms with Crippen LogP contribution in [0.5, 0.6) is 0 Å². The number of amides is 1. The van der Waals surface area contributed by atoms with Gasteiger partial charge in [-0.3, -0.25) is 4.79 Å². The number of rotatable bonds is 2. The maximum atomic E-state index is 11.9. The number of dihydropyridines is 1. The minimum Gasteiger partial charge on any atom is -0.387 e. The third kappa shape index (κ3) is 2.31. The standard InChI is InChI=1S/C13H14N2O/c1-10-7-8-14-9-12(10)13(16)15-11-5-3-2-4-6-11/h2-7,9,14H,8H2,1H3,(H,15,16). The van der Waals surface area contributed by atoms with Crippen LogP contribution < -0.4 is 10.6 Å². The quantitative estimate of drug-likeness (QED) is 0.791. The maximum absolute atomic E-state index is 11.9. The fourth-order valence-corrected chi connectivity index (χ4v) is 1.56. The summed E-state index contributed by atoms with van der Waals surface area (Å²) in [4.78, 5) is 11.9. The Morgan fingerprint density at radius 2 is 2.06 bits per heavy atom. The number of nitrogens with one attached hydrogen (secondary N) is 2. The van der Waals surface area contributed by atoms with Crippen molar-refractivity contribution in [1.82, 2.24) is 5.32 Å². The molecule has 0 unspecified atom stereocenters. The second-order valence-electron chi connectivity index (χ2n) is 3.67. The summed E-state index contributed by atoms with van der Waals surface area (Å²) in [7, 11) is 0. The largest absolute Gasteiger partial charge is 0.387 e. The topological polar surface area (TPSA) is 41.1 Å². The van der Waals surface area contributed by atoms with Crippen molar-refractivity contribution in [1.29, 1.82) is 0 Å². The molecule has 1 aromatic rings. The Labute approximate surface area is 94.9 Å². The number of para-hydroxylation sites is 1. The highest BCUT2D eigenvalue weighted by Gasteiger charge is 2.13. The van der Waals surface area contributed by atoms with Crippen molar-refractivity contribution in [2.24, 2.45) is 0 Å². The molecule has 2 rings (SSSR count). The molecule has 3 nitrogen and oxygen atoms in total. The number of hydrogen-bond donors (Lipinski definition) is 2. The van der Waals surface area contributed by atoms with Gasteiger partial charge in [0.25, 0.3) is 5.91 Å². The second kappa shape index (κ2) is 4.66. The average Bonchev–Trinajstić information content (AvgIpc) is 2.31. The highest BCUT2D eigenvalue weighted by molar-refractivity contribution is 6.06. The molecule has 0 aromatic heterocycles. The van der Waals surface area contributed by atoms with Gasteiger partial charge in [-0.2, -0.15) is 0 Å². The Bertz CT molecular complexity index is 446. The van der Waals surface area contributed by atoms with Crippen LogP contribution in [0.3, 0.4) is 0 Å². The molecule has 0 radical (unpaired) electrons. The predicted molar refractivity (Wildman–Crippen MR) is 64.9 cm³/mol. The third-order valence-electron chi connectivity index (χ3n) is 2.47. The number of carbonyl (C=O) groups is 1. The molecule has 0 aliphatic carbocycles. The van der Waals surface area contributed by atoms with Crippen LogP contribution in [0.1, 0.15) is 6.92 Å². The fraction of sp³-hybridized carbons (Fsp3) is 0.154. The first-order chi connectivity index (χ1) is 7.77. The van der Waals surface area contributed by atoms with Gasteiger partial charge in [-0.1, -0.05) is 24.3 Å². The van der Waals surface area contributed by atoms with Crippen molar-refractivity contribution in [3.8, 4) is 0 Å². The Kier molecular flexibility index (Phi) is 3.05. The zero-order chi connectivity index (χ0) is 11.4. The summed E-state index contributed by atoms with van der Waals surface area (Å²) in [6, 6.07) is 9.45. The smallest absolute Gasteiger partial charge is 0.257 e. The molecule has 1 aliphatic heterocycles. The van der Waals surface area contributed by atoms with Gasteiger partial charge in [0.05, 0.1) is 5.57 Å². The summed E-state index contributed by atoms with van der Waals surface area (Å²) in [5.41, 5.74) is 2.51. The zero-order valence-corrected chi connectivity index (χ0v) is 9.16. The normalized spacial score (nSPS) is 14.6. The van der Waals surface area contributed by atoms with Crippen molar-refractivity contribution in [3.63, 3.8) is 0 Å². The van der Waals surface area contributed by atoms with Gasteiger partial charge >= 0.3 is 0 Å². The monoisotopic (exact) mass is 214 g/mol. The molecule has 0 saturated carbocycles. The van der Waals surface area contributed by atoms with Crippen LogP contribution in [0.15, 0.2) is 53.8 Å². The van der Waals surface area contributed by atoms with Crippen molar-refractivity contribution in [2.75, 3.05) is 11.9 Å². The van der Waals surface area contributed by atoms with Crippen LogP contribution in [-0.4, -0.2) is 12.5 Å². The highest BCUT2D eigenvalue weighted by atomic mass is 16.1. The zero-order valence-electron chi connectivity index (χ0n) is 9.16. The van der Waals surface area contributed by atoms with E-state index in [0.29, 0.717) is 5.57 Å². The number of anilines is 1. The van der Waals surface area contributed by atoms with E-state index in [1.54, 1.807) is 6.20 Å². The molecule has 0 saturated heterocycles. The molecule has 0 fully saturated rings. The van der Waals surface area contributed by atoms with Gasteiger partial charge < -0.3 is 10.6 Å². The molecular formula is C13H14N2O. The molecule has 16 heavy (non-hydrogen) atoms. The Morgan fingerprint density at radius 3 is 2.75 bits per heavy atom.